The second-order valence-electron chi connectivity index (χ2n) is 9.27. The van der Waals surface area contributed by atoms with E-state index in [9.17, 15) is 13.6 Å². The molecule has 0 radical (unpaired) electrons. The fourth-order valence-corrected chi connectivity index (χ4v) is 4.45. The monoisotopic (exact) mass is 549 g/mol. The van der Waals surface area contributed by atoms with E-state index in [-0.39, 0.29) is 37.6 Å². The second kappa shape index (κ2) is 13.1. The summed E-state index contributed by atoms with van der Waals surface area (Å²) in [5.74, 6) is -1.27. The van der Waals surface area contributed by atoms with Gasteiger partial charge in [-0.25, -0.2) is 13.8 Å². The normalized spacial score (nSPS) is 17.9. The molecule has 4 rings (SSSR count). The summed E-state index contributed by atoms with van der Waals surface area (Å²) in [5.41, 5.74) is 9.11. The number of aliphatic hydroxyl groups excluding tert-OH is 1. The highest BCUT2D eigenvalue weighted by molar-refractivity contribution is 6.01. The molecule has 208 valence electrons. The average molecular weight is 550 g/mol. The van der Waals surface area contributed by atoms with Crippen LogP contribution in [0.1, 0.15) is 35.6 Å². The lowest BCUT2D eigenvalue weighted by atomic mass is 9.84. The number of amides is 1. The summed E-state index contributed by atoms with van der Waals surface area (Å²) < 4.78 is 40.2. The summed E-state index contributed by atoms with van der Waals surface area (Å²) in [4.78, 5) is 21.4. The molecule has 2 N–H and O–H groups in total. The molecular formula is C29H29F2N5O4. The number of azide groups is 1. The summed E-state index contributed by atoms with van der Waals surface area (Å²) in [6.07, 6.45) is -0.158. The fraction of sp³-hybridized carbons (Fsp3) is 0.310. The van der Waals surface area contributed by atoms with E-state index in [1.54, 1.807) is 49.4 Å². The maximum absolute atomic E-state index is 14.3. The number of hydrogen-bond acceptors (Lipinski definition) is 6. The molecule has 0 bridgehead atoms. The van der Waals surface area contributed by atoms with Crippen molar-refractivity contribution in [3.63, 3.8) is 0 Å². The van der Waals surface area contributed by atoms with Crippen molar-refractivity contribution < 1.29 is 28.2 Å². The smallest absolute Gasteiger partial charge is 0.252 e. The number of rotatable bonds is 12. The minimum absolute atomic E-state index is 0.0281. The van der Waals surface area contributed by atoms with Gasteiger partial charge in [-0.15, -0.1) is 0 Å². The number of hydrogen-bond donors (Lipinski definition) is 2. The lowest BCUT2D eigenvalue weighted by Gasteiger charge is -2.29. The number of carbonyl (C=O) groups excluding carboxylic acids is 1. The van der Waals surface area contributed by atoms with E-state index in [0.717, 1.165) is 17.7 Å². The Labute approximate surface area is 230 Å². The maximum atomic E-state index is 14.3. The minimum atomic E-state index is -1.49. The van der Waals surface area contributed by atoms with Crippen LogP contribution in [0.3, 0.4) is 0 Å². The number of nitrogens with zero attached hydrogens (tertiary/aromatic N) is 4. The lowest BCUT2D eigenvalue weighted by Crippen LogP contribution is -2.52. The quantitative estimate of drug-likeness (QED) is 0.143. The van der Waals surface area contributed by atoms with E-state index in [2.05, 4.69) is 15.3 Å². The van der Waals surface area contributed by atoms with Gasteiger partial charge in [-0.1, -0.05) is 35.4 Å². The van der Waals surface area contributed by atoms with Crippen molar-refractivity contribution in [3.8, 4) is 5.75 Å². The highest BCUT2D eigenvalue weighted by atomic mass is 19.1. The van der Waals surface area contributed by atoms with Crippen LogP contribution < -0.4 is 10.1 Å². The van der Waals surface area contributed by atoms with Crippen LogP contribution in [0.15, 0.2) is 76.8 Å². The molecule has 2 atom stereocenters. The number of benzene rings is 3. The second-order valence-corrected chi connectivity index (χ2v) is 9.27. The molecule has 3 aromatic carbocycles. The van der Waals surface area contributed by atoms with Crippen LogP contribution in [0.25, 0.3) is 10.4 Å². The molecule has 0 spiro atoms. The fourth-order valence-electron chi connectivity index (χ4n) is 4.45. The van der Waals surface area contributed by atoms with Crippen molar-refractivity contribution in [3.05, 3.63) is 111 Å². The van der Waals surface area contributed by atoms with Crippen LogP contribution in [0.4, 0.5) is 8.78 Å². The zero-order valence-electron chi connectivity index (χ0n) is 21.9. The van der Waals surface area contributed by atoms with Crippen LogP contribution in [0, 0.1) is 11.6 Å². The van der Waals surface area contributed by atoms with Gasteiger partial charge in [-0.3, -0.25) is 4.79 Å². The van der Waals surface area contributed by atoms with E-state index in [4.69, 9.17) is 25.1 Å². The molecule has 0 aliphatic carbocycles. The van der Waals surface area contributed by atoms with Gasteiger partial charge in [0.1, 0.15) is 23.5 Å². The van der Waals surface area contributed by atoms with Gasteiger partial charge in [0.15, 0.2) is 5.54 Å². The highest BCUT2D eigenvalue weighted by Gasteiger charge is 2.50. The molecule has 1 aliphatic heterocycles. The minimum Gasteiger partial charge on any atom is -0.494 e. The van der Waals surface area contributed by atoms with Crippen LogP contribution >= 0.6 is 0 Å². The zero-order valence-corrected chi connectivity index (χ0v) is 21.9. The molecule has 0 aromatic heterocycles. The summed E-state index contributed by atoms with van der Waals surface area (Å²) in [5, 5.41) is 15.3. The standard InChI is InChI=1S/C29H29F2N5O4/c1-19-29(16-21-6-2-3-7-22(21)17-34-36-32,28(38)33-18-24-25(30)8-4-9-26(24)31)35-27(40-19)20-10-12-23(13-11-20)39-15-5-14-37/h2-4,6-13,19,37H,5,14-18H2,1H3,(H,33,38)/t19-,29-/m1/s1. The van der Waals surface area contributed by atoms with Gasteiger partial charge in [-0.2, -0.15) is 0 Å². The summed E-state index contributed by atoms with van der Waals surface area (Å²) in [6, 6.07) is 17.7. The Balaban J connectivity index is 1.68. The van der Waals surface area contributed by atoms with E-state index in [1.165, 1.54) is 6.07 Å². The molecule has 11 heteroatoms. The Morgan fingerprint density at radius 2 is 1.82 bits per heavy atom. The highest BCUT2D eigenvalue weighted by Crippen LogP contribution is 2.34. The van der Waals surface area contributed by atoms with Gasteiger partial charge in [0.05, 0.1) is 13.2 Å². The number of aliphatic imine (C=N–C) groups is 1. The molecule has 0 saturated carbocycles. The summed E-state index contributed by atoms with van der Waals surface area (Å²) >= 11 is 0. The number of carbonyl (C=O) groups is 1. The first-order valence-corrected chi connectivity index (χ1v) is 12.8. The Kier molecular flexibility index (Phi) is 9.31. The topological polar surface area (TPSA) is 129 Å². The van der Waals surface area contributed by atoms with Crippen molar-refractivity contribution >= 4 is 11.8 Å². The number of nitrogens with one attached hydrogen (secondary N) is 1. The predicted octanol–water partition coefficient (Wildman–Crippen LogP) is 5.00. The molecule has 1 heterocycles. The predicted molar refractivity (Wildman–Crippen MR) is 145 cm³/mol. The third-order valence-corrected chi connectivity index (χ3v) is 6.70. The van der Waals surface area contributed by atoms with Crippen LogP contribution in [0.5, 0.6) is 5.75 Å². The average Bonchev–Trinajstić information content (AvgIpc) is 3.29. The van der Waals surface area contributed by atoms with Crippen molar-refractivity contribution in [1.82, 2.24) is 5.32 Å². The number of halogens is 2. The first-order chi connectivity index (χ1) is 19.4. The first-order valence-electron chi connectivity index (χ1n) is 12.8. The molecule has 0 fully saturated rings. The van der Waals surface area contributed by atoms with Gasteiger partial charge in [0, 0.05) is 42.0 Å². The Hall–Kier alpha value is -4.47. The van der Waals surface area contributed by atoms with E-state index in [1.807, 2.05) is 6.07 Å². The Bertz CT molecular complexity index is 1410. The van der Waals surface area contributed by atoms with Crippen molar-refractivity contribution in [2.24, 2.45) is 10.1 Å². The molecular weight excluding hydrogens is 520 g/mol. The first kappa shape index (κ1) is 28.5. The lowest BCUT2D eigenvalue weighted by molar-refractivity contribution is -0.128. The summed E-state index contributed by atoms with van der Waals surface area (Å²) in [6.45, 7) is 1.80. The third-order valence-electron chi connectivity index (χ3n) is 6.70. The Morgan fingerprint density at radius 3 is 2.50 bits per heavy atom. The maximum Gasteiger partial charge on any atom is 0.252 e. The third kappa shape index (κ3) is 6.39. The molecule has 9 nitrogen and oxygen atoms in total. The molecule has 1 amide bonds. The van der Waals surface area contributed by atoms with E-state index in [0.29, 0.717) is 29.9 Å². The SMILES string of the molecule is C[C@H]1OC(c2ccc(OCCCO)cc2)=N[C@@]1(Cc1ccccc1CN=[N+]=[N-])C(=O)NCc1c(F)cccc1F. The molecule has 3 aromatic rings. The van der Waals surface area contributed by atoms with Crippen LogP contribution in [-0.2, 0) is 29.0 Å². The van der Waals surface area contributed by atoms with Gasteiger partial charge < -0.3 is 19.9 Å². The summed E-state index contributed by atoms with van der Waals surface area (Å²) in [7, 11) is 0. The van der Waals surface area contributed by atoms with Gasteiger partial charge >= 0.3 is 0 Å². The van der Waals surface area contributed by atoms with Gasteiger partial charge in [0.2, 0.25) is 5.90 Å². The number of ether oxygens (including phenoxy) is 2. The molecule has 0 saturated heterocycles. The molecule has 40 heavy (non-hydrogen) atoms. The van der Waals surface area contributed by atoms with E-state index < -0.39 is 29.2 Å². The Morgan fingerprint density at radius 1 is 1.12 bits per heavy atom. The van der Waals surface area contributed by atoms with E-state index >= 15 is 0 Å². The van der Waals surface area contributed by atoms with Crippen LogP contribution in [-0.4, -0.2) is 41.8 Å². The van der Waals surface area contributed by atoms with Crippen LogP contribution in [0.2, 0.25) is 0 Å². The van der Waals surface area contributed by atoms with Crippen molar-refractivity contribution in [2.45, 2.75) is 44.5 Å². The van der Waals surface area contributed by atoms with Gasteiger partial charge in [-0.05, 0) is 60.0 Å². The van der Waals surface area contributed by atoms with Crippen molar-refractivity contribution in [2.75, 3.05) is 13.2 Å². The zero-order chi connectivity index (χ0) is 28.5. The number of aliphatic hydroxyl groups is 1. The molecule has 0 unspecified atom stereocenters. The van der Waals surface area contributed by atoms with Crippen molar-refractivity contribution in [1.29, 1.82) is 0 Å². The van der Waals surface area contributed by atoms with Gasteiger partial charge in [0.25, 0.3) is 5.91 Å². The largest absolute Gasteiger partial charge is 0.494 e. The molecule has 1 aliphatic rings.